The highest BCUT2D eigenvalue weighted by atomic mass is 16.5. The van der Waals surface area contributed by atoms with Crippen molar-refractivity contribution in [3.8, 4) is 5.88 Å². The lowest BCUT2D eigenvalue weighted by Crippen LogP contribution is -2.38. The number of fused-ring (bicyclic) bond motifs is 1. The van der Waals surface area contributed by atoms with Gasteiger partial charge in [0.25, 0.3) is 0 Å². The summed E-state index contributed by atoms with van der Waals surface area (Å²) in [5.74, 6) is 2.20. The SMILES string of the molecule is COc1ccc(CN2CC3CCCC(N)C3C2)cn1. The van der Waals surface area contributed by atoms with Gasteiger partial charge in [-0.05, 0) is 30.2 Å². The topological polar surface area (TPSA) is 51.4 Å². The average Bonchev–Trinajstić information content (AvgIpc) is 2.84. The predicted octanol–water partition coefficient (Wildman–Crippen LogP) is 1.65. The zero-order valence-corrected chi connectivity index (χ0v) is 11.6. The molecule has 2 heterocycles. The molecule has 0 radical (unpaired) electrons. The minimum atomic E-state index is 0.415. The molecule has 3 unspecified atom stereocenters. The highest BCUT2D eigenvalue weighted by Crippen LogP contribution is 2.35. The third kappa shape index (κ3) is 2.74. The zero-order valence-electron chi connectivity index (χ0n) is 11.6. The highest BCUT2D eigenvalue weighted by molar-refractivity contribution is 5.17. The first-order valence-electron chi connectivity index (χ1n) is 7.23. The second-order valence-corrected chi connectivity index (χ2v) is 5.92. The summed E-state index contributed by atoms with van der Waals surface area (Å²) in [7, 11) is 1.65. The number of methoxy groups -OCH3 is 1. The van der Waals surface area contributed by atoms with Gasteiger partial charge in [0, 0.05) is 37.9 Å². The normalized spacial score (nSPS) is 31.2. The van der Waals surface area contributed by atoms with E-state index in [9.17, 15) is 0 Å². The van der Waals surface area contributed by atoms with Crippen LogP contribution in [0.3, 0.4) is 0 Å². The molecule has 104 valence electrons. The second-order valence-electron chi connectivity index (χ2n) is 5.92. The molecule has 4 nitrogen and oxygen atoms in total. The minimum Gasteiger partial charge on any atom is -0.481 e. The van der Waals surface area contributed by atoms with Crippen LogP contribution in [0.4, 0.5) is 0 Å². The maximum atomic E-state index is 6.26. The minimum absolute atomic E-state index is 0.415. The molecule has 0 spiro atoms. The largest absolute Gasteiger partial charge is 0.481 e. The van der Waals surface area contributed by atoms with Crippen molar-refractivity contribution < 1.29 is 4.74 Å². The van der Waals surface area contributed by atoms with E-state index in [0.29, 0.717) is 17.8 Å². The number of hydrogen-bond acceptors (Lipinski definition) is 4. The summed E-state index contributed by atoms with van der Waals surface area (Å²) in [5, 5.41) is 0. The van der Waals surface area contributed by atoms with Gasteiger partial charge in [-0.15, -0.1) is 0 Å². The van der Waals surface area contributed by atoms with Crippen LogP contribution in [0.5, 0.6) is 5.88 Å². The van der Waals surface area contributed by atoms with E-state index in [4.69, 9.17) is 10.5 Å². The molecule has 0 aromatic carbocycles. The summed E-state index contributed by atoms with van der Waals surface area (Å²) in [6, 6.07) is 4.45. The van der Waals surface area contributed by atoms with E-state index in [1.807, 2.05) is 12.3 Å². The van der Waals surface area contributed by atoms with E-state index < -0.39 is 0 Å². The van der Waals surface area contributed by atoms with Crippen molar-refractivity contribution in [2.75, 3.05) is 20.2 Å². The van der Waals surface area contributed by atoms with Gasteiger partial charge in [0.1, 0.15) is 0 Å². The molecule has 1 aliphatic heterocycles. The van der Waals surface area contributed by atoms with Crippen molar-refractivity contribution in [2.24, 2.45) is 17.6 Å². The quantitative estimate of drug-likeness (QED) is 0.899. The molecular weight excluding hydrogens is 238 g/mol. The number of hydrogen-bond donors (Lipinski definition) is 1. The summed E-state index contributed by atoms with van der Waals surface area (Å²) in [6.45, 7) is 3.33. The molecule has 2 N–H and O–H groups in total. The Labute approximate surface area is 115 Å². The lowest BCUT2D eigenvalue weighted by atomic mass is 9.78. The van der Waals surface area contributed by atoms with Crippen molar-refractivity contribution in [1.82, 2.24) is 9.88 Å². The summed E-state index contributed by atoms with van der Waals surface area (Å²) in [6.07, 6.45) is 5.79. The maximum Gasteiger partial charge on any atom is 0.212 e. The van der Waals surface area contributed by atoms with Crippen LogP contribution < -0.4 is 10.5 Å². The molecule has 3 atom stereocenters. The fourth-order valence-corrected chi connectivity index (χ4v) is 3.62. The van der Waals surface area contributed by atoms with E-state index in [1.165, 1.54) is 31.4 Å². The third-order valence-corrected chi connectivity index (χ3v) is 4.64. The fraction of sp³-hybridized carbons (Fsp3) is 0.667. The molecule has 1 aromatic rings. The molecule has 1 aromatic heterocycles. The van der Waals surface area contributed by atoms with Crippen molar-refractivity contribution in [2.45, 2.75) is 31.8 Å². The zero-order chi connectivity index (χ0) is 13.2. The van der Waals surface area contributed by atoms with Crippen LogP contribution in [0.1, 0.15) is 24.8 Å². The van der Waals surface area contributed by atoms with E-state index >= 15 is 0 Å². The summed E-state index contributed by atoms with van der Waals surface area (Å²) in [4.78, 5) is 6.80. The van der Waals surface area contributed by atoms with Gasteiger partial charge in [0.05, 0.1) is 7.11 Å². The number of pyridine rings is 1. The van der Waals surface area contributed by atoms with E-state index in [2.05, 4.69) is 16.0 Å². The third-order valence-electron chi connectivity index (χ3n) is 4.64. The molecule has 3 rings (SSSR count). The van der Waals surface area contributed by atoms with Crippen molar-refractivity contribution in [3.63, 3.8) is 0 Å². The number of aromatic nitrogens is 1. The molecule has 0 bridgehead atoms. The van der Waals surface area contributed by atoms with Gasteiger partial charge >= 0.3 is 0 Å². The number of rotatable bonds is 3. The van der Waals surface area contributed by atoms with Crippen LogP contribution >= 0.6 is 0 Å². The number of likely N-dealkylation sites (tertiary alicyclic amines) is 1. The molecule has 1 aliphatic carbocycles. The molecule has 1 saturated heterocycles. The van der Waals surface area contributed by atoms with Gasteiger partial charge in [-0.1, -0.05) is 12.5 Å². The van der Waals surface area contributed by atoms with E-state index in [1.54, 1.807) is 7.11 Å². The van der Waals surface area contributed by atoms with Crippen LogP contribution in [-0.2, 0) is 6.54 Å². The van der Waals surface area contributed by atoms with Crippen LogP contribution in [0.15, 0.2) is 18.3 Å². The summed E-state index contributed by atoms with van der Waals surface area (Å²) >= 11 is 0. The van der Waals surface area contributed by atoms with Gasteiger partial charge in [-0.2, -0.15) is 0 Å². The Balaban J connectivity index is 1.61. The lowest BCUT2D eigenvalue weighted by molar-refractivity contribution is 0.259. The smallest absolute Gasteiger partial charge is 0.212 e. The maximum absolute atomic E-state index is 6.26. The van der Waals surface area contributed by atoms with Crippen molar-refractivity contribution in [3.05, 3.63) is 23.9 Å². The Morgan fingerprint density at radius 2 is 2.26 bits per heavy atom. The Hall–Kier alpha value is -1.13. The predicted molar refractivity (Wildman–Crippen MR) is 74.9 cm³/mol. The first kappa shape index (κ1) is 12.9. The average molecular weight is 261 g/mol. The van der Waals surface area contributed by atoms with Gasteiger partial charge in [-0.3, -0.25) is 4.90 Å². The van der Waals surface area contributed by atoms with Crippen LogP contribution in [0.25, 0.3) is 0 Å². The van der Waals surface area contributed by atoms with Crippen molar-refractivity contribution >= 4 is 0 Å². The standard InChI is InChI=1S/C15H23N3O/c1-19-15-6-5-11(7-17-15)8-18-9-12-3-2-4-14(16)13(12)10-18/h5-7,12-14H,2-4,8-10,16H2,1H3. The fourth-order valence-electron chi connectivity index (χ4n) is 3.62. The lowest BCUT2D eigenvalue weighted by Gasteiger charge is -2.29. The number of nitrogens with two attached hydrogens (primary N) is 1. The Bertz CT molecular complexity index is 420. The van der Waals surface area contributed by atoms with Gasteiger partial charge in [-0.25, -0.2) is 4.98 Å². The molecule has 0 amide bonds. The second kappa shape index (κ2) is 5.47. The summed E-state index contributed by atoms with van der Waals surface area (Å²) in [5.41, 5.74) is 7.52. The monoisotopic (exact) mass is 261 g/mol. The molecule has 4 heteroatoms. The van der Waals surface area contributed by atoms with Gasteiger partial charge in [0.2, 0.25) is 5.88 Å². The first-order chi connectivity index (χ1) is 9.26. The molecule has 19 heavy (non-hydrogen) atoms. The van der Waals surface area contributed by atoms with Gasteiger partial charge in [0.15, 0.2) is 0 Å². The van der Waals surface area contributed by atoms with Crippen LogP contribution in [0.2, 0.25) is 0 Å². The molecule has 2 aliphatic rings. The number of ether oxygens (including phenoxy) is 1. The highest BCUT2D eigenvalue weighted by Gasteiger charge is 2.38. The Kier molecular flexibility index (Phi) is 3.71. The van der Waals surface area contributed by atoms with Crippen LogP contribution in [-0.4, -0.2) is 36.1 Å². The first-order valence-corrected chi connectivity index (χ1v) is 7.23. The van der Waals surface area contributed by atoms with Crippen molar-refractivity contribution in [1.29, 1.82) is 0 Å². The molecule has 2 fully saturated rings. The van der Waals surface area contributed by atoms with E-state index in [0.717, 1.165) is 19.0 Å². The Morgan fingerprint density at radius 1 is 1.37 bits per heavy atom. The Morgan fingerprint density at radius 3 is 2.95 bits per heavy atom. The molecular formula is C15H23N3O. The molecule has 1 saturated carbocycles. The number of nitrogens with zero attached hydrogens (tertiary/aromatic N) is 2. The van der Waals surface area contributed by atoms with Gasteiger partial charge < -0.3 is 10.5 Å². The van der Waals surface area contributed by atoms with Crippen LogP contribution in [0, 0.1) is 11.8 Å². The summed E-state index contributed by atoms with van der Waals surface area (Å²) < 4.78 is 5.09. The van der Waals surface area contributed by atoms with E-state index in [-0.39, 0.29) is 0 Å².